The first-order valence-corrected chi connectivity index (χ1v) is 6.16. The molecular formula is C15H16N2O2. The highest BCUT2D eigenvalue weighted by atomic mass is 16.5. The molecule has 1 N–H and O–H groups in total. The minimum atomic E-state index is -0.158. The number of amides is 1. The Labute approximate surface area is 112 Å². The van der Waals surface area contributed by atoms with Crippen LogP contribution in [0.4, 0.5) is 5.69 Å². The maximum atomic E-state index is 12.1. The highest BCUT2D eigenvalue weighted by molar-refractivity contribution is 6.04. The molecule has 0 atom stereocenters. The van der Waals surface area contributed by atoms with Crippen molar-refractivity contribution in [2.24, 2.45) is 0 Å². The molecule has 0 aliphatic carbocycles. The quantitative estimate of drug-likeness (QED) is 0.914. The molecule has 0 saturated heterocycles. The van der Waals surface area contributed by atoms with E-state index in [4.69, 9.17) is 4.74 Å². The van der Waals surface area contributed by atoms with E-state index in [1.54, 1.807) is 18.3 Å². The van der Waals surface area contributed by atoms with Gasteiger partial charge >= 0.3 is 0 Å². The van der Waals surface area contributed by atoms with Gasteiger partial charge in [0.15, 0.2) is 0 Å². The standard InChI is InChI=1S/C15H16N2O2/c1-3-19-13-8-6-12(7-9-13)17-15(18)14-5-4-10-16-11(14)2/h4-10H,3H2,1-2H3,(H,17,18). The second-order valence-electron chi connectivity index (χ2n) is 4.05. The Morgan fingerprint density at radius 3 is 2.63 bits per heavy atom. The molecule has 4 nitrogen and oxygen atoms in total. The molecule has 0 bridgehead atoms. The van der Waals surface area contributed by atoms with E-state index in [2.05, 4.69) is 10.3 Å². The fraction of sp³-hybridized carbons (Fsp3) is 0.200. The number of aryl methyl sites for hydroxylation is 1. The summed E-state index contributed by atoms with van der Waals surface area (Å²) < 4.78 is 5.35. The Kier molecular flexibility index (Phi) is 4.13. The Balaban J connectivity index is 2.09. The second-order valence-corrected chi connectivity index (χ2v) is 4.05. The Hall–Kier alpha value is -2.36. The number of carbonyl (C=O) groups excluding carboxylic acids is 1. The lowest BCUT2D eigenvalue weighted by Crippen LogP contribution is -2.13. The van der Waals surface area contributed by atoms with Crippen LogP contribution in [0.25, 0.3) is 0 Å². The average Bonchev–Trinajstić information content (AvgIpc) is 2.42. The molecule has 2 rings (SSSR count). The summed E-state index contributed by atoms with van der Waals surface area (Å²) in [6, 6.07) is 10.8. The number of anilines is 1. The molecule has 1 amide bonds. The summed E-state index contributed by atoms with van der Waals surface area (Å²) >= 11 is 0. The van der Waals surface area contributed by atoms with Gasteiger partial charge in [0.2, 0.25) is 0 Å². The van der Waals surface area contributed by atoms with Crippen molar-refractivity contribution in [3.8, 4) is 5.75 Å². The molecule has 0 fully saturated rings. The third-order valence-electron chi connectivity index (χ3n) is 2.67. The van der Waals surface area contributed by atoms with Crippen molar-refractivity contribution >= 4 is 11.6 Å². The van der Waals surface area contributed by atoms with Crippen molar-refractivity contribution in [1.82, 2.24) is 4.98 Å². The van der Waals surface area contributed by atoms with Crippen LogP contribution in [0, 0.1) is 6.92 Å². The summed E-state index contributed by atoms with van der Waals surface area (Å²) in [5.74, 6) is 0.632. The van der Waals surface area contributed by atoms with Gasteiger partial charge in [-0.05, 0) is 50.2 Å². The van der Waals surface area contributed by atoms with Crippen molar-refractivity contribution in [3.63, 3.8) is 0 Å². The van der Waals surface area contributed by atoms with Gasteiger partial charge in [0.1, 0.15) is 5.75 Å². The number of carbonyl (C=O) groups is 1. The summed E-state index contributed by atoms with van der Waals surface area (Å²) in [6.07, 6.45) is 1.67. The monoisotopic (exact) mass is 256 g/mol. The molecule has 0 aliphatic heterocycles. The average molecular weight is 256 g/mol. The van der Waals surface area contributed by atoms with Gasteiger partial charge < -0.3 is 10.1 Å². The summed E-state index contributed by atoms with van der Waals surface area (Å²) in [6.45, 7) is 4.37. The van der Waals surface area contributed by atoms with Gasteiger partial charge in [0, 0.05) is 17.6 Å². The lowest BCUT2D eigenvalue weighted by atomic mass is 10.2. The molecule has 19 heavy (non-hydrogen) atoms. The molecule has 0 aliphatic rings. The smallest absolute Gasteiger partial charge is 0.257 e. The van der Waals surface area contributed by atoms with E-state index >= 15 is 0 Å². The van der Waals surface area contributed by atoms with E-state index < -0.39 is 0 Å². The molecule has 98 valence electrons. The summed E-state index contributed by atoms with van der Waals surface area (Å²) in [5, 5.41) is 2.83. The van der Waals surface area contributed by atoms with E-state index in [9.17, 15) is 4.79 Å². The molecule has 1 aromatic carbocycles. The van der Waals surface area contributed by atoms with Crippen LogP contribution in [0.1, 0.15) is 23.0 Å². The van der Waals surface area contributed by atoms with Gasteiger partial charge in [-0.1, -0.05) is 0 Å². The van der Waals surface area contributed by atoms with Crippen molar-refractivity contribution in [1.29, 1.82) is 0 Å². The predicted molar refractivity (Wildman–Crippen MR) is 74.5 cm³/mol. The number of hydrogen-bond acceptors (Lipinski definition) is 3. The highest BCUT2D eigenvalue weighted by Crippen LogP contribution is 2.16. The lowest BCUT2D eigenvalue weighted by molar-refractivity contribution is 0.102. The molecule has 0 unspecified atom stereocenters. The third-order valence-corrected chi connectivity index (χ3v) is 2.67. The molecule has 0 radical (unpaired) electrons. The predicted octanol–water partition coefficient (Wildman–Crippen LogP) is 3.04. The van der Waals surface area contributed by atoms with Gasteiger partial charge in [-0.3, -0.25) is 9.78 Å². The van der Waals surface area contributed by atoms with Crippen molar-refractivity contribution < 1.29 is 9.53 Å². The molecular weight excluding hydrogens is 240 g/mol. The number of pyridine rings is 1. The molecule has 1 heterocycles. The number of benzene rings is 1. The summed E-state index contributed by atoms with van der Waals surface area (Å²) in [5.41, 5.74) is 2.03. The zero-order valence-corrected chi connectivity index (χ0v) is 11.0. The molecule has 1 aromatic heterocycles. The van der Waals surface area contributed by atoms with Crippen LogP contribution in [0.2, 0.25) is 0 Å². The summed E-state index contributed by atoms with van der Waals surface area (Å²) in [4.78, 5) is 16.2. The van der Waals surface area contributed by atoms with Gasteiger partial charge in [-0.25, -0.2) is 0 Å². The van der Waals surface area contributed by atoms with Crippen molar-refractivity contribution in [3.05, 3.63) is 53.9 Å². The van der Waals surface area contributed by atoms with E-state index in [1.807, 2.05) is 38.1 Å². The second kappa shape index (κ2) is 6.00. The van der Waals surface area contributed by atoms with E-state index in [0.717, 1.165) is 11.4 Å². The third kappa shape index (κ3) is 3.31. The van der Waals surface area contributed by atoms with Crippen LogP contribution >= 0.6 is 0 Å². The lowest BCUT2D eigenvalue weighted by Gasteiger charge is -2.08. The minimum absolute atomic E-state index is 0.158. The van der Waals surface area contributed by atoms with Crippen molar-refractivity contribution in [2.45, 2.75) is 13.8 Å². The number of nitrogens with zero attached hydrogens (tertiary/aromatic N) is 1. The molecule has 4 heteroatoms. The maximum Gasteiger partial charge on any atom is 0.257 e. The van der Waals surface area contributed by atoms with Crippen LogP contribution in [-0.2, 0) is 0 Å². The zero-order chi connectivity index (χ0) is 13.7. The first-order valence-electron chi connectivity index (χ1n) is 6.16. The number of ether oxygens (including phenoxy) is 1. The normalized spacial score (nSPS) is 10.0. The van der Waals surface area contributed by atoms with E-state index in [-0.39, 0.29) is 5.91 Å². The van der Waals surface area contributed by atoms with Gasteiger partial charge in [0.25, 0.3) is 5.91 Å². The number of rotatable bonds is 4. The van der Waals surface area contributed by atoms with Crippen LogP contribution in [0.15, 0.2) is 42.6 Å². The topological polar surface area (TPSA) is 51.2 Å². The Morgan fingerprint density at radius 1 is 1.26 bits per heavy atom. The van der Waals surface area contributed by atoms with Gasteiger partial charge in [-0.2, -0.15) is 0 Å². The van der Waals surface area contributed by atoms with Crippen LogP contribution in [0.5, 0.6) is 5.75 Å². The number of nitrogens with one attached hydrogen (secondary N) is 1. The van der Waals surface area contributed by atoms with Crippen LogP contribution < -0.4 is 10.1 Å². The van der Waals surface area contributed by atoms with E-state index in [0.29, 0.717) is 17.9 Å². The summed E-state index contributed by atoms with van der Waals surface area (Å²) in [7, 11) is 0. The Morgan fingerprint density at radius 2 is 2.00 bits per heavy atom. The molecule has 0 spiro atoms. The minimum Gasteiger partial charge on any atom is -0.494 e. The van der Waals surface area contributed by atoms with Crippen molar-refractivity contribution in [2.75, 3.05) is 11.9 Å². The number of aromatic nitrogens is 1. The zero-order valence-electron chi connectivity index (χ0n) is 11.0. The highest BCUT2D eigenvalue weighted by Gasteiger charge is 2.09. The molecule has 0 saturated carbocycles. The first kappa shape index (κ1) is 13.1. The fourth-order valence-corrected chi connectivity index (χ4v) is 1.72. The van der Waals surface area contributed by atoms with Crippen LogP contribution in [0.3, 0.4) is 0 Å². The maximum absolute atomic E-state index is 12.1. The Bertz CT molecular complexity index is 565. The number of hydrogen-bond donors (Lipinski definition) is 1. The SMILES string of the molecule is CCOc1ccc(NC(=O)c2cccnc2C)cc1. The first-order chi connectivity index (χ1) is 9.20. The van der Waals surface area contributed by atoms with Gasteiger partial charge in [0.05, 0.1) is 12.2 Å². The van der Waals surface area contributed by atoms with Gasteiger partial charge in [-0.15, -0.1) is 0 Å². The van der Waals surface area contributed by atoms with Crippen LogP contribution in [-0.4, -0.2) is 17.5 Å². The largest absolute Gasteiger partial charge is 0.494 e. The molecule has 2 aromatic rings. The van der Waals surface area contributed by atoms with E-state index in [1.165, 1.54) is 0 Å². The fourth-order valence-electron chi connectivity index (χ4n) is 1.72.